The van der Waals surface area contributed by atoms with Gasteiger partial charge in [0.1, 0.15) is 29.1 Å². The highest BCUT2D eigenvalue weighted by atomic mass is 19.1. The van der Waals surface area contributed by atoms with Crippen LogP contribution in [0.15, 0.2) is 97.1 Å². The van der Waals surface area contributed by atoms with E-state index in [0.29, 0.717) is 34.8 Å². The summed E-state index contributed by atoms with van der Waals surface area (Å²) < 4.78 is 49.9. The van der Waals surface area contributed by atoms with Crippen LogP contribution in [0, 0.1) is 63.9 Å². The van der Waals surface area contributed by atoms with E-state index in [1.807, 2.05) is 84.9 Å². The van der Waals surface area contributed by atoms with Crippen molar-refractivity contribution in [2.75, 3.05) is 20.3 Å². The molecule has 3 N–H and O–H groups in total. The molecular formula is C59H74F2N2O6. The summed E-state index contributed by atoms with van der Waals surface area (Å²) in [6, 6.07) is 29.4. The second-order valence-electron chi connectivity index (χ2n) is 22.1. The molecule has 9 rings (SSSR count). The minimum atomic E-state index is -1.12. The molecule has 5 aliphatic rings. The Morgan fingerprint density at radius 2 is 1.48 bits per heavy atom. The van der Waals surface area contributed by atoms with E-state index in [9.17, 15) is 14.7 Å². The van der Waals surface area contributed by atoms with Gasteiger partial charge < -0.3 is 30.0 Å². The van der Waals surface area contributed by atoms with Gasteiger partial charge in [0.25, 0.3) is 0 Å². The van der Waals surface area contributed by atoms with E-state index in [0.717, 1.165) is 52.8 Å². The summed E-state index contributed by atoms with van der Waals surface area (Å²) in [6.07, 6.45) is 12.0. The van der Waals surface area contributed by atoms with Gasteiger partial charge in [-0.3, -0.25) is 9.59 Å². The highest BCUT2D eigenvalue weighted by molar-refractivity contribution is 5.84. The molecule has 1 aliphatic heterocycles. The highest BCUT2D eigenvalue weighted by Gasteiger charge is 2.60. The Morgan fingerprint density at radius 1 is 0.797 bits per heavy atom. The number of methoxy groups -OCH3 is 1. The zero-order valence-electron chi connectivity index (χ0n) is 41.4. The Bertz CT molecular complexity index is 2360. The SMILES string of the molecule is COc1ccc(C(OC[C@H]2O[C@@H](c3cc(CNC(=O)CNC(=O)CC[C@@H](C)C4CC[C@@H]5C6CC[C@H]7CCCC[C@@]7(C)[C@@H]6CC[C@@]45C)c(F)cc3F)C(C)[C@H]2O)(c2ccccc2)c2ccccc2)cc1. The second-order valence-corrected chi connectivity index (χ2v) is 22.1. The van der Waals surface area contributed by atoms with Crippen LogP contribution in [0.1, 0.15) is 139 Å². The quantitative estimate of drug-likeness (QED) is 0.0966. The number of carbonyl (C=O) groups excluding carboxylic acids is 2. The average molecular weight is 945 g/mol. The lowest BCUT2D eigenvalue weighted by Gasteiger charge is -2.61. The van der Waals surface area contributed by atoms with Crippen LogP contribution in [0.3, 0.4) is 0 Å². The summed E-state index contributed by atoms with van der Waals surface area (Å²) in [5.41, 5.74) is 2.43. The van der Waals surface area contributed by atoms with E-state index in [1.54, 1.807) is 14.0 Å². The molecule has 0 bridgehead atoms. The van der Waals surface area contributed by atoms with Crippen LogP contribution in [0.25, 0.3) is 0 Å². The zero-order valence-corrected chi connectivity index (χ0v) is 41.4. The lowest BCUT2D eigenvalue weighted by Crippen LogP contribution is -2.53. The minimum Gasteiger partial charge on any atom is -0.497 e. The van der Waals surface area contributed by atoms with Crippen LogP contribution in [0.5, 0.6) is 5.75 Å². The fraction of sp³-hybridized carbons (Fsp3) is 0.559. The van der Waals surface area contributed by atoms with Crippen molar-refractivity contribution < 1.29 is 37.7 Å². The van der Waals surface area contributed by atoms with E-state index in [4.69, 9.17) is 14.2 Å². The number of fused-ring (bicyclic) bond motifs is 5. The lowest BCUT2D eigenvalue weighted by molar-refractivity contribution is -0.126. The molecule has 3 unspecified atom stereocenters. The molecule has 4 aliphatic carbocycles. The molecule has 69 heavy (non-hydrogen) atoms. The van der Waals surface area contributed by atoms with E-state index >= 15 is 8.78 Å². The molecule has 4 saturated carbocycles. The van der Waals surface area contributed by atoms with Gasteiger partial charge in [-0.25, -0.2) is 8.78 Å². The predicted molar refractivity (Wildman–Crippen MR) is 264 cm³/mol. The van der Waals surface area contributed by atoms with E-state index < -0.39 is 47.4 Å². The Balaban J connectivity index is 0.791. The first-order valence-electron chi connectivity index (χ1n) is 26.0. The molecule has 4 aromatic carbocycles. The van der Waals surface area contributed by atoms with Crippen LogP contribution in [-0.4, -0.2) is 49.4 Å². The maximum Gasteiger partial charge on any atom is 0.239 e. The summed E-state index contributed by atoms with van der Waals surface area (Å²) >= 11 is 0. The molecule has 1 saturated heterocycles. The maximum absolute atomic E-state index is 15.7. The number of halogens is 2. The van der Waals surface area contributed by atoms with Crippen molar-refractivity contribution >= 4 is 11.8 Å². The average Bonchev–Trinajstić information content (AvgIpc) is 3.87. The van der Waals surface area contributed by atoms with Crippen molar-refractivity contribution in [3.63, 3.8) is 0 Å². The zero-order chi connectivity index (χ0) is 48.5. The van der Waals surface area contributed by atoms with Gasteiger partial charge in [-0.15, -0.1) is 0 Å². The Hall–Kier alpha value is -4.64. The van der Waals surface area contributed by atoms with Gasteiger partial charge in [0.05, 0.1) is 32.5 Å². The summed E-state index contributed by atoms with van der Waals surface area (Å²) in [5.74, 6) is 2.30. The molecular weight excluding hydrogens is 871 g/mol. The summed E-state index contributed by atoms with van der Waals surface area (Å²) in [5, 5.41) is 17.1. The van der Waals surface area contributed by atoms with Gasteiger partial charge in [0.2, 0.25) is 11.8 Å². The third kappa shape index (κ3) is 9.51. The Labute approximate surface area is 408 Å². The number of benzene rings is 4. The van der Waals surface area contributed by atoms with Gasteiger partial charge in [-0.1, -0.05) is 113 Å². The first-order chi connectivity index (χ1) is 33.3. The van der Waals surface area contributed by atoms with Gasteiger partial charge in [-0.05, 0) is 139 Å². The van der Waals surface area contributed by atoms with Crippen molar-refractivity contribution in [3.05, 3.63) is 137 Å². The number of hydrogen-bond acceptors (Lipinski definition) is 6. The molecule has 2 amide bonds. The van der Waals surface area contributed by atoms with Crippen molar-refractivity contribution in [2.24, 2.45) is 52.3 Å². The van der Waals surface area contributed by atoms with E-state index in [2.05, 4.69) is 31.4 Å². The molecule has 8 nitrogen and oxygen atoms in total. The number of carbonyl (C=O) groups is 2. The molecule has 1 heterocycles. The van der Waals surface area contributed by atoms with Crippen molar-refractivity contribution in [2.45, 2.75) is 135 Å². The van der Waals surface area contributed by atoms with Crippen molar-refractivity contribution in [3.8, 4) is 5.75 Å². The number of aliphatic hydroxyl groups is 1. The van der Waals surface area contributed by atoms with Crippen molar-refractivity contribution in [1.29, 1.82) is 0 Å². The van der Waals surface area contributed by atoms with E-state index in [-0.39, 0.29) is 36.7 Å². The Morgan fingerprint density at radius 3 is 2.17 bits per heavy atom. The molecule has 10 heteroatoms. The lowest BCUT2D eigenvalue weighted by atomic mass is 9.44. The molecule has 370 valence electrons. The fourth-order valence-corrected chi connectivity index (χ4v) is 14.9. The standard InChI is InChI=1S/C59H74F2N2O6/c1-37(47-26-27-48-45-25-22-40-14-12-13-30-57(40,3)49(45)29-31-58(47,48)4)19-28-53(64)63-35-54(65)62-34-39-32-46(51(61)33-50(39)60)56-38(2)55(66)52(69-56)36-68-59(41-15-8-6-9-16-41,42-17-10-7-11-18-42)43-20-23-44(67-5)24-21-43/h6-11,15-18,20-21,23-24,32-33,37-38,40,45,47-49,52,55-56,66H,12-14,19,22,25-31,34-36H2,1-5H3,(H,62,65)(H,63,64)/t37-,38?,40-,45?,47?,48-,49-,52-,55-,56-,57-,58+/m1/s1. The molecule has 0 aromatic heterocycles. The first-order valence-corrected chi connectivity index (χ1v) is 26.0. The number of amides is 2. The highest BCUT2D eigenvalue weighted by Crippen LogP contribution is 2.68. The van der Waals surface area contributed by atoms with Crippen LogP contribution in [0.4, 0.5) is 8.78 Å². The van der Waals surface area contributed by atoms with Gasteiger partial charge in [0, 0.05) is 36.1 Å². The second kappa shape index (κ2) is 20.6. The normalized spacial score (nSPS) is 31.2. The largest absolute Gasteiger partial charge is 0.497 e. The summed E-state index contributed by atoms with van der Waals surface area (Å²) in [7, 11) is 1.61. The smallest absolute Gasteiger partial charge is 0.239 e. The van der Waals surface area contributed by atoms with Crippen LogP contribution in [-0.2, 0) is 31.2 Å². The monoisotopic (exact) mass is 945 g/mol. The number of nitrogens with one attached hydrogen (secondary N) is 2. The van der Waals surface area contributed by atoms with Crippen LogP contribution in [0.2, 0.25) is 0 Å². The number of ether oxygens (including phenoxy) is 3. The number of rotatable bonds is 16. The number of hydrogen-bond donors (Lipinski definition) is 3. The molecule has 0 spiro atoms. The first kappa shape index (κ1) is 49.3. The molecule has 12 atom stereocenters. The Kier molecular flexibility index (Phi) is 14.7. The van der Waals surface area contributed by atoms with Crippen LogP contribution >= 0.6 is 0 Å². The molecule has 5 fully saturated rings. The van der Waals surface area contributed by atoms with Crippen molar-refractivity contribution in [1.82, 2.24) is 10.6 Å². The topological polar surface area (TPSA) is 106 Å². The van der Waals surface area contributed by atoms with Gasteiger partial charge >= 0.3 is 0 Å². The predicted octanol–water partition coefficient (Wildman–Crippen LogP) is 11.6. The molecule has 4 aromatic rings. The van der Waals surface area contributed by atoms with E-state index in [1.165, 1.54) is 70.3 Å². The third-order valence-corrected chi connectivity index (χ3v) is 18.6. The summed E-state index contributed by atoms with van der Waals surface area (Å²) in [4.78, 5) is 26.2. The van der Waals surface area contributed by atoms with Gasteiger partial charge in [-0.2, -0.15) is 0 Å². The van der Waals surface area contributed by atoms with Crippen LogP contribution < -0.4 is 15.4 Å². The summed E-state index contributed by atoms with van der Waals surface area (Å²) in [6.45, 7) is 8.78. The third-order valence-electron chi connectivity index (χ3n) is 18.6. The minimum absolute atomic E-state index is 0.0602. The van der Waals surface area contributed by atoms with Gasteiger partial charge in [0.15, 0.2) is 0 Å². The number of aliphatic hydroxyl groups excluding tert-OH is 1. The molecule has 0 radical (unpaired) electrons. The fourth-order valence-electron chi connectivity index (χ4n) is 14.9. The maximum atomic E-state index is 15.7.